The number of Topliss-reactive ketones (excluding diaryl/α,β-unsaturated/α-hetero) is 1. The second-order valence-electron chi connectivity index (χ2n) is 9.16. The van der Waals surface area contributed by atoms with Crippen LogP contribution in [0.25, 0.3) is 0 Å². The van der Waals surface area contributed by atoms with E-state index in [0.717, 1.165) is 33.4 Å². The van der Waals surface area contributed by atoms with Crippen molar-refractivity contribution in [3.05, 3.63) is 80.7 Å². The zero-order valence-corrected chi connectivity index (χ0v) is 19.8. The second kappa shape index (κ2) is 8.08. The molecule has 1 unspecified atom stereocenters. The van der Waals surface area contributed by atoms with Gasteiger partial charge in [-0.1, -0.05) is 48.0 Å². The molecule has 2 aliphatic rings. The zero-order chi connectivity index (χ0) is 22.3. The van der Waals surface area contributed by atoms with Gasteiger partial charge < -0.3 is 10.6 Å². The molecule has 0 saturated heterocycles. The Bertz CT molecular complexity index is 1130. The highest BCUT2D eigenvalue weighted by atomic mass is 79.9. The Hall–Kier alpha value is -2.73. The molecule has 0 saturated carbocycles. The Labute approximate surface area is 191 Å². The number of pyridine rings is 1. The van der Waals surface area contributed by atoms with Crippen molar-refractivity contribution < 1.29 is 9.59 Å². The van der Waals surface area contributed by atoms with E-state index in [2.05, 4.69) is 45.4 Å². The van der Waals surface area contributed by atoms with Crippen LogP contribution in [0, 0.1) is 12.3 Å². The summed E-state index contributed by atoms with van der Waals surface area (Å²) in [7, 11) is 0. The molecule has 1 atom stereocenters. The number of anilines is 1. The van der Waals surface area contributed by atoms with Crippen molar-refractivity contribution in [2.75, 3.05) is 5.32 Å². The summed E-state index contributed by atoms with van der Waals surface area (Å²) >= 11 is 3.54. The number of halogens is 1. The summed E-state index contributed by atoms with van der Waals surface area (Å²) in [6.45, 7) is 8.06. The van der Waals surface area contributed by atoms with Crippen molar-refractivity contribution in [2.45, 2.75) is 46.5 Å². The van der Waals surface area contributed by atoms with E-state index in [-0.39, 0.29) is 17.1 Å². The molecule has 31 heavy (non-hydrogen) atoms. The molecule has 1 aromatic heterocycles. The van der Waals surface area contributed by atoms with Crippen molar-refractivity contribution in [3.63, 3.8) is 0 Å². The van der Waals surface area contributed by atoms with Gasteiger partial charge in [0.2, 0.25) is 0 Å². The summed E-state index contributed by atoms with van der Waals surface area (Å²) in [6, 6.07) is 11.5. The van der Waals surface area contributed by atoms with E-state index >= 15 is 0 Å². The Morgan fingerprint density at radius 2 is 1.97 bits per heavy atom. The fourth-order valence-electron chi connectivity index (χ4n) is 4.48. The van der Waals surface area contributed by atoms with E-state index in [0.29, 0.717) is 23.4 Å². The van der Waals surface area contributed by atoms with Crippen molar-refractivity contribution in [3.8, 4) is 0 Å². The van der Waals surface area contributed by atoms with Gasteiger partial charge >= 0.3 is 0 Å². The van der Waals surface area contributed by atoms with E-state index in [4.69, 9.17) is 0 Å². The first kappa shape index (κ1) is 21.5. The molecule has 6 heteroatoms. The van der Waals surface area contributed by atoms with Crippen LogP contribution in [-0.4, -0.2) is 16.7 Å². The van der Waals surface area contributed by atoms with Crippen molar-refractivity contribution in [1.82, 2.24) is 10.3 Å². The van der Waals surface area contributed by atoms with Crippen LogP contribution in [-0.2, 0) is 9.59 Å². The van der Waals surface area contributed by atoms with Gasteiger partial charge in [-0.2, -0.15) is 0 Å². The number of allylic oxidation sites excluding steroid dienone is 3. The number of hydrogen-bond acceptors (Lipinski definition) is 4. The Kier molecular flexibility index (Phi) is 5.60. The number of rotatable bonds is 3. The van der Waals surface area contributed by atoms with Crippen LogP contribution in [0.2, 0.25) is 0 Å². The van der Waals surface area contributed by atoms with Gasteiger partial charge in [-0.25, -0.2) is 4.98 Å². The number of carbonyl (C=O) groups excluding carboxylic acids is 2. The maximum atomic E-state index is 13.4. The first-order valence-electron chi connectivity index (χ1n) is 10.4. The van der Waals surface area contributed by atoms with E-state index in [9.17, 15) is 9.59 Å². The van der Waals surface area contributed by atoms with Crippen molar-refractivity contribution in [1.29, 1.82) is 0 Å². The molecule has 1 aliphatic heterocycles. The SMILES string of the molecule is CC1=C(C(=O)Nc2ccc(C)cn2)C(c2cccc(Br)c2)C2=C(CC(C)(C)CC2=O)N1. The van der Waals surface area contributed by atoms with Gasteiger partial charge in [-0.3, -0.25) is 9.59 Å². The minimum Gasteiger partial charge on any atom is -0.362 e. The second-order valence-corrected chi connectivity index (χ2v) is 10.1. The molecule has 0 fully saturated rings. The van der Waals surface area contributed by atoms with Gasteiger partial charge in [0.25, 0.3) is 5.91 Å². The molecule has 2 N–H and O–H groups in total. The summed E-state index contributed by atoms with van der Waals surface area (Å²) in [5.74, 6) is -0.104. The van der Waals surface area contributed by atoms with E-state index < -0.39 is 5.92 Å². The molecule has 4 rings (SSSR count). The minimum atomic E-state index is -0.428. The molecule has 1 aromatic carbocycles. The smallest absolute Gasteiger partial charge is 0.255 e. The van der Waals surface area contributed by atoms with Gasteiger partial charge in [-0.05, 0) is 55.0 Å². The lowest BCUT2D eigenvalue weighted by atomic mass is 9.68. The van der Waals surface area contributed by atoms with Crippen LogP contribution in [0.3, 0.4) is 0 Å². The van der Waals surface area contributed by atoms with E-state index in [1.807, 2.05) is 44.2 Å². The number of amides is 1. The Morgan fingerprint density at radius 3 is 2.65 bits per heavy atom. The molecular formula is C25H26BrN3O2. The van der Waals surface area contributed by atoms with Crippen LogP contribution in [0.15, 0.2) is 69.6 Å². The third-order valence-electron chi connectivity index (χ3n) is 5.82. The molecule has 160 valence electrons. The fraction of sp³-hybridized carbons (Fsp3) is 0.320. The Balaban J connectivity index is 1.80. The normalized spacial score (nSPS) is 20.3. The number of aromatic nitrogens is 1. The predicted molar refractivity (Wildman–Crippen MR) is 125 cm³/mol. The monoisotopic (exact) mass is 479 g/mol. The number of nitrogens with zero attached hydrogens (tertiary/aromatic N) is 1. The minimum absolute atomic E-state index is 0.0926. The lowest BCUT2D eigenvalue weighted by Crippen LogP contribution is -2.39. The highest BCUT2D eigenvalue weighted by molar-refractivity contribution is 9.10. The number of ketones is 1. The third-order valence-corrected chi connectivity index (χ3v) is 6.31. The molecule has 5 nitrogen and oxygen atoms in total. The van der Waals surface area contributed by atoms with Crippen molar-refractivity contribution in [2.24, 2.45) is 5.41 Å². The number of dihydropyridines is 1. The van der Waals surface area contributed by atoms with Crippen LogP contribution in [0.4, 0.5) is 5.82 Å². The maximum absolute atomic E-state index is 13.4. The fourth-order valence-corrected chi connectivity index (χ4v) is 4.90. The number of nitrogens with one attached hydrogen (secondary N) is 2. The van der Waals surface area contributed by atoms with Gasteiger partial charge in [0.05, 0.1) is 0 Å². The van der Waals surface area contributed by atoms with Gasteiger partial charge in [-0.15, -0.1) is 0 Å². The van der Waals surface area contributed by atoms with Crippen LogP contribution in [0.1, 0.15) is 50.7 Å². The molecule has 2 heterocycles. The van der Waals surface area contributed by atoms with Gasteiger partial charge in [0, 0.05) is 45.5 Å². The highest BCUT2D eigenvalue weighted by Gasteiger charge is 2.42. The summed E-state index contributed by atoms with van der Waals surface area (Å²) in [5.41, 5.74) is 4.75. The summed E-state index contributed by atoms with van der Waals surface area (Å²) in [6.07, 6.45) is 2.95. The molecule has 0 bridgehead atoms. The lowest BCUT2D eigenvalue weighted by molar-refractivity contribution is -0.118. The van der Waals surface area contributed by atoms with Crippen LogP contribution < -0.4 is 10.6 Å². The Morgan fingerprint density at radius 1 is 1.19 bits per heavy atom. The summed E-state index contributed by atoms with van der Waals surface area (Å²) < 4.78 is 0.909. The number of benzene rings is 1. The van der Waals surface area contributed by atoms with Gasteiger partial charge in [0.1, 0.15) is 5.82 Å². The predicted octanol–water partition coefficient (Wildman–Crippen LogP) is 5.40. The van der Waals surface area contributed by atoms with E-state index in [1.165, 1.54) is 0 Å². The van der Waals surface area contributed by atoms with E-state index in [1.54, 1.807) is 12.3 Å². The molecule has 1 aliphatic carbocycles. The molecule has 2 aromatic rings. The highest BCUT2D eigenvalue weighted by Crippen LogP contribution is 2.47. The van der Waals surface area contributed by atoms with Gasteiger partial charge in [0.15, 0.2) is 5.78 Å². The molecule has 1 amide bonds. The average molecular weight is 480 g/mol. The number of hydrogen-bond donors (Lipinski definition) is 2. The number of aryl methyl sites for hydroxylation is 1. The number of carbonyl (C=O) groups is 2. The first-order valence-corrected chi connectivity index (χ1v) is 11.2. The average Bonchev–Trinajstić information content (AvgIpc) is 2.67. The molecule has 0 spiro atoms. The molecule has 0 radical (unpaired) electrons. The zero-order valence-electron chi connectivity index (χ0n) is 18.2. The van der Waals surface area contributed by atoms with Crippen molar-refractivity contribution >= 4 is 33.4 Å². The standard InChI is InChI=1S/C25H26BrN3O2/c1-14-8-9-20(27-13-14)29-24(31)21-15(2)28-18-11-25(3,4)12-19(30)23(18)22(21)16-6-5-7-17(26)10-16/h5-10,13,22,28H,11-12H2,1-4H3,(H,27,29,31). The quantitative estimate of drug-likeness (QED) is 0.618. The van der Waals surface area contributed by atoms with Crippen LogP contribution in [0.5, 0.6) is 0 Å². The summed E-state index contributed by atoms with van der Waals surface area (Å²) in [5, 5.41) is 6.31. The lowest BCUT2D eigenvalue weighted by Gasteiger charge is -2.39. The largest absolute Gasteiger partial charge is 0.362 e. The third kappa shape index (κ3) is 4.35. The van der Waals surface area contributed by atoms with Crippen LogP contribution >= 0.6 is 15.9 Å². The first-order chi connectivity index (χ1) is 14.6. The molecular weight excluding hydrogens is 454 g/mol. The summed E-state index contributed by atoms with van der Waals surface area (Å²) in [4.78, 5) is 31.1. The maximum Gasteiger partial charge on any atom is 0.255 e. The topological polar surface area (TPSA) is 71.1 Å².